The molecular weight excluding hydrogens is 270 g/mol. The normalized spacial score (nSPS) is 17.8. The first-order valence-electron chi connectivity index (χ1n) is 7.09. The van der Waals surface area contributed by atoms with Crippen molar-refractivity contribution in [2.75, 3.05) is 20.3 Å². The van der Waals surface area contributed by atoms with Crippen molar-refractivity contribution in [2.45, 2.75) is 32.4 Å². The third kappa shape index (κ3) is 4.01. The zero-order chi connectivity index (χ0) is 15.2. The van der Waals surface area contributed by atoms with Gasteiger partial charge in [0.15, 0.2) is 0 Å². The molecule has 1 saturated heterocycles. The highest BCUT2D eigenvalue weighted by atomic mass is 16.5. The van der Waals surface area contributed by atoms with Crippen LogP contribution in [0.25, 0.3) is 0 Å². The predicted molar refractivity (Wildman–Crippen MR) is 77.3 cm³/mol. The Balaban J connectivity index is 2.11. The Morgan fingerprint density at radius 2 is 2.33 bits per heavy atom. The fourth-order valence-electron chi connectivity index (χ4n) is 2.63. The van der Waals surface area contributed by atoms with Crippen LogP contribution in [-0.2, 0) is 20.9 Å². The lowest BCUT2D eigenvalue weighted by Gasteiger charge is -2.25. The molecule has 0 aromatic carbocycles. The first-order chi connectivity index (χ1) is 10.1. The van der Waals surface area contributed by atoms with Crippen LogP contribution in [-0.4, -0.2) is 42.0 Å². The molecule has 0 bridgehead atoms. The molecule has 1 fully saturated rings. The molecular formula is C15H21N3O3. The van der Waals surface area contributed by atoms with Crippen molar-refractivity contribution >= 4 is 11.8 Å². The number of hydrogen-bond acceptors (Lipinski definition) is 4. The van der Waals surface area contributed by atoms with Gasteiger partial charge >= 0.3 is 0 Å². The van der Waals surface area contributed by atoms with Gasteiger partial charge in [-0.3, -0.25) is 14.6 Å². The van der Waals surface area contributed by atoms with Crippen LogP contribution < -0.4 is 5.32 Å². The fraction of sp³-hybridized carbons (Fsp3) is 0.533. The molecule has 0 spiro atoms. The van der Waals surface area contributed by atoms with E-state index in [0.29, 0.717) is 6.54 Å². The third-order valence-corrected chi connectivity index (χ3v) is 3.58. The molecule has 1 aliphatic heterocycles. The Labute approximate surface area is 124 Å². The van der Waals surface area contributed by atoms with E-state index in [1.807, 2.05) is 17.0 Å². The minimum absolute atomic E-state index is 0.0141. The summed E-state index contributed by atoms with van der Waals surface area (Å²) in [5.74, 6) is -0.0693. The largest absolute Gasteiger partial charge is 0.375 e. The molecule has 0 unspecified atom stereocenters. The molecule has 0 radical (unpaired) electrons. The average molecular weight is 291 g/mol. The van der Waals surface area contributed by atoms with Gasteiger partial charge < -0.3 is 15.0 Å². The Morgan fingerprint density at radius 3 is 3.05 bits per heavy atom. The minimum atomic E-state index is -0.0834. The van der Waals surface area contributed by atoms with E-state index < -0.39 is 0 Å². The van der Waals surface area contributed by atoms with Crippen LogP contribution in [0.2, 0.25) is 0 Å². The summed E-state index contributed by atoms with van der Waals surface area (Å²) in [5, 5.41) is 2.73. The fourth-order valence-corrected chi connectivity index (χ4v) is 2.63. The second kappa shape index (κ2) is 7.17. The second-order valence-electron chi connectivity index (χ2n) is 5.17. The van der Waals surface area contributed by atoms with Crippen molar-refractivity contribution in [3.8, 4) is 0 Å². The number of carbonyl (C=O) groups excluding carboxylic acids is 2. The van der Waals surface area contributed by atoms with Crippen LogP contribution in [0.3, 0.4) is 0 Å². The minimum Gasteiger partial charge on any atom is -0.375 e. The van der Waals surface area contributed by atoms with Gasteiger partial charge in [0.05, 0.1) is 18.3 Å². The monoisotopic (exact) mass is 291 g/mol. The number of likely N-dealkylation sites (tertiary alicyclic amines) is 1. The zero-order valence-electron chi connectivity index (χ0n) is 12.5. The van der Waals surface area contributed by atoms with Gasteiger partial charge in [-0.15, -0.1) is 0 Å². The maximum absolute atomic E-state index is 12.1. The number of hydrogen-bond donors (Lipinski definition) is 1. The molecule has 1 aromatic heterocycles. The molecule has 0 saturated carbocycles. The van der Waals surface area contributed by atoms with E-state index >= 15 is 0 Å². The van der Waals surface area contributed by atoms with Crippen molar-refractivity contribution in [1.29, 1.82) is 0 Å². The highest BCUT2D eigenvalue weighted by Gasteiger charge is 2.29. The molecule has 6 nitrogen and oxygen atoms in total. The molecule has 114 valence electrons. The first kappa shape index (κ1) is 15.4. The molecule has 1 aliphatic rings. The van der Waals surface area contributed by atoms with Crippen molar-refractivity contribution in [1.82, 2.24) is 15.2 Å². The van der Waals surface area contributed by atoms with Gasteiger partial charge in [0.1, 0.15) is 6.61 Å². The first-order valence-corrected chi connectivity index (χ1v) is 7.09. The van der Waals surface area contributed by atoms with E-state index in [-0.39, 0.29) is 24.5 Å². The Morgan fingerprint density at radius 1 is 1.52 bits per heavy atom. The number of rotatable bonds is 5. The summed E-state index contributed by atoms with van der Waals surface area (Å²) in [4.78, 5) is 29.1. The maximum atomic E-state index is 12.1. The van der Waals surface area contributed by atoms with Gasteiger partial charge in [-0.1, -0.05) is 0 Å². The molecule has 6 heteroatoms. The van der Waals surface area contributed by atoms with Crippen molar-refractivity contribution < 1.29 is 14.3 Å². The van der Waals surface area contributed by atoms with E-state index in [0.717, 1.165) is 30.6 Å². The molecule has 21 heavy (non-hydrogen) atoms. The molecule has 1 atom stereocenters. The summed E-state index contributed by atoms with van der Waals surface area (Å²) in [6, 6.07) is 3.96. The van der Waals surface area contributed by atoms with E-state index in [1.54, 1.807) is 6.20 Å². The van der Waals surface area contributed by atoms with E-state index in [1.165, 1.54) is 14.0 Å². The summed E-state index contributed by atoms with van der Waals surface area (Å²) in [6.07, 6.45) is 3.66. The Kier molecular flexibility index (Phi) is 5.27. The summed E-state index contributed by atoms with van der Waals surface area (Å²) in [5.41, 5.74) is 1.86. The number of nitrogens with one attached hydrogen (secondary N) is 1. The number of amides is 2. The number of ether oxygens (including phenoxy) is 1. The van der Waals surface area contributed by atoms with Gasteiger partial charge in [0, 0.05) is 26.8 Å². The van der Waals surface area contributed by atoms with Crippen molar-refractivity contribution in [2.24, 2.45) is 0 Å². The molecule has 2 amide bonds. The lowest BCUT2D eigenvalue weighted by Crippen LogP contribution is -2.33. The SMILES string of the molecule is COCC(=O)N1CCC[C@H]1c1ccnc(CNC(C)=O)c1. The lowest BCUT2D eigenvalue weighted by molar-refractivity contribution is -0.136. The number of carbonyl (C=O) groups is 2. The Bertz CT molecular complexity index is 519. The van der Waals surface area contributed by atoms with Gasteiger partial charge in [-0.2, -0.15) is 0 Å². The summed E-state index contributed by atoms with van der Waals surface area (Å²) in [7, 11) is 1.53. The van der Waals surface area contributed by atoms with Gasteiger partial charge in [0.2, 0.25) is 11.8 Å². The van der Waals surface area contributed by atoms with E-state index in [2.05, 4.69) is 10.3 Å². The highest BCUT2D eigenvalue weighted by Crippen LogP contribution is 2.31. The van der Waals surface area contributed by atoms with Gasteiger partial charge in [0.25, 0.3) is 0 Å². The van der Waals surface area contributed by atoms with Gasteiger partial charge in [-0.05, 0) is 30.5 Å². The van der Waals surface area contributed by atoms with Crippen LogP contribution in [0.1, 0.15) is 37.1 Å². The topological polar surface area (TPSA) is 71.5 Å². The van der Waals surface area contributed by atoms with Crippen molar-refractivity contribution in [3.05, 3.63) is 29.6 Å². The number of nitrogens with zero attached hydrogens (tertiary/aromatic N) is 2. The molecule has 1 aromatic rings. The number of aromatic nitrogens is 1. The van der Waals surface area contributed by atoms with E-state index in [9.17, 15) is 9.59 Å². The summed E-state index contributed by atoms with van der Waals surface area (Å²) >= 11 is 0. The highest BCUT2D eigenvalue weighted by molar-refractivity contribution is 5.78. The standard InChI is InChI=1S/C15H21N3O3/c1-11(19)17-9-13-8-12(5-6-16-13)14-4-3-7-18(14)15(20)10-21-2/h5-6,8,14H,3-4,7,9-10H2,1-2H3,(H,17,19)/t14-/m0/s1. The van der Waals surface area contributed by atoms with Crippen LogP contribution in [0.15, 0.2) is 18.3 Å². The predicted octanol–water partition coefficient (Wildman–Crippen LogP) is 1.03. The summed E-state index contributed by atoms with van der Waals surface area (Å²) < 4.78 is 4.94. The third-order valence-electron chi connectivity index (χ3n) is 3.58. The van der Waals surface area contributed by atoms with Crippen molar-refractivity contribution in [3.63, 3.8) is 0 Å². The van der Waals surface area contributed by atoms with E-state index in [4.69, 9.17) is 4.74 Å². The molecule has 2 rings (SSSR count). The van der Waals surface area contributed by atoms with Gasteiger partial charge in [-0.25, -0.2) is 0 Å². The van der Waals surface area contributed by atoms with Crippen LogP contribution in [0, 0.1) is 0 Å². The number of methoxy groups -OCH3 is 1. The molecule has 0 aliphatic carbocycles. The zero-order valence-corrected chi connectivity index (χ0v) is 12.5. The second-order valence-corrected chi connectivity index (χ2v) is 5.17. The summed E-state index contributed by atoms with van der Waals surface area (Å²) in [6.45, 7) is 2.75. The van der Waals surface area contributed by atoms with Crippen LogP contribution >= 0.6 is 0 Å². The molecule has 1 N–H and O–H groups in total. The smallest absolute Gasteiger partial charge is 0.249 e. The average Bonchev–Trinajstić information content (AvgIpc) is 2.95. The lowest BCUT2D eigenvalue weighted by atomic mass is 10.0. The van der Waals surface area contributed by atoms with Crippen LogP contribution in [0.5, 0.6) is 0 Å². The van der Waals surface area contributed by atoms with Crippen LogP contribution in [0.4, 0.5) is 0 Å². The molecule has 2 heterocycles. The Hall–Kier alpha value is -1.95. The number of pyridine rings is 1. The maximum Gasteiger partial charge on any atom is 0.249 e. The quantitative estimate of drug-likeness (QED) is 0.879.